The van der Waals surface area contributed by atoms with Crippen molar-refractivity contribution in [2.75, 3.05) is 5.32 Å². The molecule has 3 aromatic rings. The molecule has 0 atom stereocenters. The van der Waals surface area contributed by atoms with Crippen LogP contribution in [0.2, 0.25) is 10.0 Å². The first-order chi connectivity index (χ1) is 11.0. The molecule has 0 aliphatic rings. The summed E-state index contributed by atoms with van der Waals surface area (Å²) >= 11 is 11.8. The van der Waals surface area contributed by atoms with E-state index in [0.717, 1.165) is 11.8 Å². The zero-order chi connectivity index (χ0) is 16.4. The van der Waals surface area contributed by atoms with E-state index in [1.807, 2.05) is 0 Å². The molecule has 2 aromatic carbocycles. The van der Waals surface area contributed by atoms with Gasteiger partial charge in [-0.3, -0.25) is 0 Å². The molecule has 0 saturated heterocycles. The standard InChI is InChI=1S/C17H10Cl2F2N2/c18-13-6-5-11(8-14(13)19)23-16-7-4-10(9-22-16)12-2-1-3-15(20)17(12)21/h1-9H,(H,22,23). The van der Waals surface area contributed by atoms with Gasteiger partial charge in [0.25, 0.3) is 0 Å². The van der Waals surface area contributed by atoms with Crippen LogP contribution in [0.3, 0.4) is 0 Å². The van der Waals surface area contributed by atoms with Crippen LogP contribution in [0.4, 0.5) is 20.3 Å². The molecule has 0 unspecified atom stereocenters. The smallest absolute Gasteiger partial charge is 0.166 e. The fraction of sp³-hybridized carbons (Fsp3) is 0. The summed E-state index contributed by atoms with van der Waals surface area (Å²) in [4.78, 5) is 4.20. The summed E-state index contributed by atoms with van der Waals surface area (Å²) in [6, 6.07) is 12.5. The van der Waals surface area contributed by atoms with E-state index in [-0.39, 0.29) is 5.56 Å². The fourth-order valence-corrected chi connectivity index (χ4v) is 2.37. The molecule has 2 nitrogen and oxygen atoms in total. The van der Waals surface area contributed by atoms with Crippen molar-refractivity contribution in [1.82, 2.24) is 4.98 Å². The number of rotatable bonds is 3. The van der Waals surface area contributed by atoms with Crippen LogP contribution in [0.25, 0.3) is 11.1 Å². The summed E-state index contributed by atoms with van der Waals surface area (Å²) in [6.07, 6.45) is 1.47. The Morgan fingerprint density at radius 2 is 1.74 bits per heavy atom. The molecule has 1 N–H and O–H groups in total. The average Bonchev–Trinajstić information content (AvgIpc) is 2.55. The fourth-order valence-electron chi connectivity index (χ4n) is 2.08. The van der Waals surface area contributed by atoms with Gasteiger partial charge < -0.3 is 5.32 Å². The number of nitrogens with zero attached hydrogens (tertiary/aromatic N) is 1. The molecule has 1 heterocycles. The van der Waals surface area contributed by atoms with Crippen molar-refractivity contribution in [2.45, 2.75) is 0 Å². The molecule has 0 radical (unpaired) electrons. The van der Waals surface area contributed by atoms with Gasteiger partial charge in [0.2, 0.25) is 0 Å². The molecule has 0 spiro atoms. The summed E-state index contributed by atoms with van der Waals surface area (Å²) < 4.78 is 27.0. The molecule has 0 fully saturated rings. The normalized spacial score (nSPS) is 10.6. The van der Waals surface area contributed by atoms with Gasteiger partial charge in [-0.2, -0.15) is 0 Å². The van der Waals surface area contributed by atoms with E-state index in [4.69, 9.17) is 23.2 Å². The van der Waals surface area contributed by atoms with Crippen LogP contribution in [0.15, 0.2) is 54.7 Å². The minimum atomic E-state index is -0.889. The Hall–Kier alpha value is -2.17. The Labute approximate surface area is 141 Å². The number of benzene rings is 2. The summed E-state index contributed by atoms with van der Waals surface area (Å²) in [6.45, 7) is 0. The van der Waals surface area contributed by atoms with Crippen LogP contribution < -0.4 is 5.32 Å². The molecule has 0 amide bonds. The summed E-state index contributed by atoms with van der Waals surface area (Å²) in [5, 5.41) is 3.94. The maximum absolute atomic E-state index is 13.8. The van der Waals surface area contributed by atoms with Crippen LogP contribution >= 0.6 is 23.2 Å². The number of halogens is 4. The topological polar surface area (TPSA) is 24.9 Å². The molecule has 1 aromatic heterocycles. The third-order valence-corrected chi connectivity index (χ3v) is 3.96. The van der Waals surface area contributed by atoms with Gasteiger partial charge in [0, 0.05) is 23.0 Å². The SMILES string of the molecule is Fc1cccc(-c2ccc(Nc3ccc(Cl)c(Cl)c3)nc2)c1F. The van der Waals surface area contributed by atoms with Gasteiger partial charge in [-0.25, -0.2) is 13.8 Å². The highest BCUT2D eigenvalue weighted by atomic mass is 35.5. The molecule has 0 bridgehead atoms. The lowest BCUT2D eigenvalue weighted by atomic mass is 10.1. The maximum Gasteiger partial charge on any atom is 0.166 e. The average molecular weight is 351 g/mol. The molecular formula is C17H10Cl2F2N2. The lowest BCUT2D eigenvalue weighted by Crippen LogP contribution is -1.94. The molecule has 116 valence electrons. The summed E-state index contributed by atoms with van der Waals surface area (Å²) in [7, 11) is 0. The minimum absolute atomic E-state index is 0.165. The van der Waals surface area contributed by atoms with Gasteiger partial charge in [0.05, 0.1) is 10.0 Å². The summed E-state index contributed by atoms with van der Waals surface area (Å²) in [5.41, 5.74) is 1.37. The molecule has 0 aliphatic carbocycles. The number of hydrogen-bond acceptors (Lipinski definition) is 2. The highest BCUT2D eigenvalue weighted by Crippen LogP contribution is 2.28. The number of anilines is 2. The Kier molecular flexibility index (Phi) is 4.46. The van der Waals surface area contributed by atoms with Crippen LogP contribution in [0, 0.1) is 11.6 Å². The van der Waals surface area contributed by atoms with Crippen molar-refractivity contribution in [2.24, 2.45) is 0 Å². The molecular weight excluding hydrogens is 341 g/mol. The van der Waals surface area contributed by atoms with Crippen molar-refractivity contribution in [1.29, 1.82) is 0 Å². The predicted octanol–water partition coefficient (Wildman–Crippen LogP) is 6.08. The van der Waals surface area contributed by atoms with E-state index < -0.39 is 11.6 Å². The third-order valence-electron chi connectivity index (χ3n) is 3.22. The molecule has 0 saturated carbocycles. The van der Waals surface area contributed by atoms with Crippen LogP contribution in [0.5, 0.6) is 0 Å². The minimum Gasteiger partial charge on any atom is -0.340 e. The van der Waals surface area contributed by atoms with Gasteiger partial charge in [0.15, 0.2) is 11.6 Å². The van der Waals surface area contributed by atoms with Gasteiger partial charge in [-0.05, 0) is 36.4 Å². The quantitative estimate of drug-likeness (QED) is 0.619. The maximum atomic E-state index is 13.8. The largest absolute Gasteiger partial charge is 0.340 e. The van der Waals surface area contributed by atoms with Crippen molar-refractivity contribution in [3.8, 4) is 11.1 Å². The predicted molar refractivity (Wildman–Crippen MR) is 89.3 cm³/mol. The van der Waals surface area contributed by atoms with E-state index >= 15 is 0 Å². The van der Waals surface area contributed by atoms with E-state index in [0.29, 0.717) is 21.4 Å². The Bertz CT molecular complexity index is 852. The van der Waals surface area contributed by atoms with Gasteiger partial charge in [0.1, 0.15) is 5.82 Å². The first-order valence-electron chi connectivity index (χ1n) is 6.67. The van der Waals surface area contributed by atoms with Crippen molar-refractivity contribution in [3.05, 3.63) is 76.4 Å². The number of aromatic nitrogens is 1. The Morgan fingerprint density at radius 1 is 0.913 bits per heavy atom. The zero-order valence-electron chi connectivity index (χ0n) is 11.7. The summed E-state index contributed by atoms with van der Waals surface area (Å²) in [5.74, 6) is -1.23. The Balaban J connectivity index is 1.84. The van der Waals surface area contributed by atoms with Gasteiger partial charge in [-0.15, -0.1) is 0 Å². The number of pyridine rings is 1. The number of hydrogen-bond donors (Lipinski definition) is 1. The van der Waals surface area contributed by atoms with Gasteiger partial charge >= 0.3 is 0 Å². The monoisotopic (exact) mass is 350 g/mol. The second-order valence-corrected chi connectivity index (χ2v) is 5.60. The number of nitrogens with one attached hydrogen (secondary N) is 1. The van der Waals surface area contributed by atoms with E-state index in [1.165, 1.54) is 18.3 Å². The molecule has 3 rings (SSSR count). The van der Waals surface area contributed by atoms with E-state index in [1.54, 1.807) is 30.3 Å². The Morgan fingerprint density at radius 3 is 2.43 bits per heavy atom. The van der Waals surface area contributed by atoms with Crippen molar-refractivity contribution in [3.63, 3.8) is 0 Å². The van der Waals surface area contributed by atoms with Crippen LogP contribution in [0.1, 0.15) is 0 Å². The molecule has 6 heteroatoms. The van der Waals surface area contributed by atoms with Gasteiger partial charge in [-0.1, -0.05) is 35.3 Å². The first kappa shape index (κ1) is 15.7. The molecule has 0 aliphatic heterocycles. The highest BCUT2D eigenvalue weighted by Gasteiger charge is 2.10. The highest BCUT2D eigenvalue weighted by molar-refractivity contribution is 6.42. The first-order valence-corrected chi connectivity index (χ1v) is 7.43. The van der Waals surface area contributed by atoms with Crippen LogP contribution in [-0.2, 0) is 0 Å². The van der Waals surface area contributed by atoms with Crippen molar-refractivity contribution < 1.29 is 8.78 Å². The van der Waals surface area contributed by atoms with E-state index in [2.05, 4.69) is 10.3 Å². The second kappa shape index (κ2) is 6.52. The molecule has 23 heavy (non-hydrogen) atoms. The van der Waals surface area contributed by atoms with E-state index in [9.17, 15) is 8.78 Å². The zero-order valence-corrected chi connectivity index (χ0v) is 13.2. The lowest BCUT2D eigenvalue weighted by molar-refractivity contribution is 0.511. The second-order valence-electron chi connectivity index (χ2n) is 4.79. The lowest BCUT2D eigenvalue weighted by Gasteiger charge is -2.08. The van der Waals surface area contributed by atoms with Crippen LogP contribution in [-0.4, -0.2) is 4.98 Å². The third kappa shape index (κ3) is 3.44. The van der Waals surface area contributed by atoms with Crippen molar-refractivity contribution >= 4 is 34.7 Å².